The number of hydrogen-bond donors (Lipinski definition) is 0. The van der Waals surface area contributed by atoms with Crippen LogP contribution in [0.1, 0.15) is 54.0 Å². The summed E-state index contributed by atoms with van der Waals surface area (Å²) >= 11 is 0. The molecule has 0 aliphatic carbocycles. The molecule has 0 amide bonds. The van der Waals surface area contributed by atoms with Gasteiger partial charge in [-0.25, -0.2) is 14.3 Å². The van der Waals surface area contributed by atoms with E-state index >= 15 is 0 Å². The first-order chi connectivity index (χ1) is 11.8. The SMILES string of the molecule is Cc1cc2ncn(C(=O)OC(C)(C)C)c2cc1B1OC(C)(C)C(C)(C)O1. The number of benzene rings is 1. The monoisotopic (exact) mass is 358 g/mol. The molecule has 6 nitrogen and oxygen atoms in total. The maximum Gasteiger partial charge on any atom is 0.495 e. The van der Waals surface area contributed by atoms with E-state index in [4.69, 9.17) is 14.0 Å². The van der Waals surface area contributed by atoms with Crippen molar-refractivity contribution >= 4 is 29.7 Å². The molecule has 1 aromatic heterocycles. The first-order valence-corrected chi connectivity index (χ1v) is 8.87. The molecule has 1 saturated heterocycles. The van der Waals surface area contributed by atoms with Crippen LogP contribution in [-0.4, -0.2) is 39.6 Å². The molecule has 1 aromatic carbocycles. The highest BCUT2D eigenvalue weighted by Gasteiger charge is 2.52. The van der Waals surface area contributed by atoms with Crippen LogP contribution in [0.4, 0.5) is 4.79 Å². The van der Waals surface area contributed by atoms with Gasteiger partial charge in [0, 0.05) is 0 Å². The second-order valence-corrected chi connectivity index (χ2v) is 8.88. The summed E-state index contributed by atoms with van der Waals surface area (Å²) in [6.45, 7) is 15.6. The van der Waals surface area contributed by atoms with Crippen molar-refractivity contribution in [1.29, 1.82) is 0 Å². The Morgan fingerprint density at radius 2 is 1.73 bits per heavy atom. The third-order valence-electron chi connectivity index (χ3n) is 5.03. The van der Waals surface area contributed by atoms with Crippen molar-refractivity contribution in [2.75, 3.05) is 0 Å². The van der Waals surface area contributed by atoms with Gasteiger partial charge in [0.05, 0.1) is 22.2 Å². The zero-order chi connectivity index (χ0) is 19.5. The number of nitrogens with zero attached hydrogens (tertiary/aromatic N) is 2. The smallest absolute Gasteiger partial charge is 0.443 e. The van der Waals surface area contributed by atoms with Crippen molar-refractivity contribution in [1.82, 2.24) is 9.55 Å². The Bertz CT molecular complexity index is 848. The number of fused-ring (bicyclic) bond motifs is 1. The van der Waals surface area contributed by atoms with E-state index in [1.807, 2.05) is 67.5 Å². The number of hydrogen-bond acceptors (Lipinski definition) is 5. The van der Waals surface area contributed by atoms with Crippen LogP contribution in [0.2, 0.25) is 0 Å². The van der Waals surface area contributed by atoms with Crippen molar-refractivity contribution in [3.8, 4) is 0 Å². The molecule has 2 heterocycles. The second-order valence-electron chi connectivity index (χ2n) is 8.88. The molecule has 2 aromatic rings. The normalized spacial score (nSPS) is 19.2. The Balaban J connectivity index is 2.02. The lowest BCUT2D eigenvalue weighted by Crippen LogP contribution is -2.41. The van der Waals surface area contributed by atoms with Crippen LogP contribution >= 0.6 is 0 Å². The fourth-order valence-corrected chi connectivity index (χ4v) is 2.86. The molecule has 0 spiro atoms. The molecule has 1 aliphatic heterocycles. The Morgan fingerprint density at radius 3 is 2.27 bits per heavy atom. The molecule has 0 unspecified atom stereocenters. The molecule has 3 rings (SSSR count). The zero-order valence-corrected chi connectivity index (χ0v) is 16.8. The molecular weight excluding hydrogens is 331 g/mol. The van der Waals surface area contributed by atoms with E-state index in [2.05, 4.69) is 4.98 Å². The average molecular weight is 358 g/mol. The summed E-state index contributed by atoms with van der Waals surface area (Å²) in [5.41, 5.74) is 1.87. The number of ether oxygens (including phenoxy) is 1. The fourth-order valence-electron chi connectivity index (χ4n) is 2.86. The number of rotatable bonds is 1. The summed E-state index contributed by atoms with van der Waals surface area (Å²) in [5.74, 6) is 0. The van der Waals surface area contributed by atoms with Crippen molar-refractivity contribution in [2.24, 2.45) is 0 Å². The number of carbonyl (C=O) groups is 1. The summed E-state index contributed by atoms with van der Waals surface area (Å²) in [5, 5.41) is 0. The second kappa shape index (κ2) is 5.82. The Labute approximate surface area is 155 Å². The molecule has 26 heavy (non-hydrogen) atoms. The van der Waals surface area contributed by atoms with Gasteiger partial charge in [0.1, 0.15) is 11.9 Å². The van der Waals surface area contributed by atoms with Crippen LogP contribution in [0.5, 0.6) is 0 Å². The molecule has 0 radical (unpaired) electrons. The van der Waals surface area contributed by atoms with Gasteiger partial charge < -0.3 is 14.0 Å². The standard InChI is InChI=1S/C19H27BN2O4/c1-12-9-14-15(22(11-21-14)16(23)24-17(2,3)4)10-13(12)20-25-18(5,6)19(7,8)26-20/h9-11H,1-8H3. The molecular formula is C19H27BN2O4. The molecule has 140 valence electrons. The summed E-state index contributed by atoms with van der Waals surface area (Å²) in [6, 6.07) is 3.85. The van der Waals surface area contributed by atoms with Crippen molar-refractivity contribution in [3.05, 3.63) is 24.0 Å². The lowest BCUT2D eigenvalue weighted by Gasteiger charge is -2.32. The van der Waals surface area contributed by atoms with Crippen molar-refractivity contribution < 1.29 is 18.8 Å². The minimum Gasteiger partial charge on any atom is -0.443 e. The van der Waals surface area contributed by atoms with E-state index in [0.29, 0.717) is 5.52 Å². The Hall–Kier alpha value is -1.86. The molecule has 0 saturated carbocycles. The lowest BCUT2D eigenvalue weighted by molar-refractivity contribution is 0.00578. The minimum absolute atomic E-state index is 0.426. The highest BCUT2D eigenvalue weighted by atomic mass is 16.7. The predicted molar refractivity (Wildman–Crippen MR) is 102 cm³/mol. The van der Waals surface area contributed by atoms with Gasteiger partial charge in [-0.1, -0.05) is 0 Å². The quantitative estimate of drug-likeness (QED) is 0.731. The van der Waals surface area contributed by atoms with Crippen molar-refractivity contribution in [3.63, 3.8) is 0 Å². The van der Waals surface area contributed by atoms with Gasteiger partial charge >= 0.3 is 13.2 Å². The van der Waals surface area contributed by atoms with Gasteiger partial charge in [-0.05, 0) is 78.5 Å². The van der Waals surface area contributed by atoms with Gasteiger partial charge in [0.2, 0.25) is 0 Å². The van der Waals surface area contributed by atoms with Gasteiger partial charge in [0.15, 0.2) is 0 Å². The zero-order valence-electron chi connectivity index (χ0n) is 16.8. The van der Waals surface area contributed by atoms with Gasteiger partial charge in [-0.3, -0.25) is 0 Å². The van der Waals surface area contributed by atoms with Crippen LogP contribution in [0.15, 0.2) is 18.5 Å². The Morgan fingerprint density at radius 1 is 1.15 bits per heavy atom. The Kier molecular flexibility index (Phi) is 4.24. The highest BCUT2D eigenvalue weighted by Crippen LogP contribution is 2.37. The number of carbonyl (C=O) groups excluding carboxylic acids is 1. The van der Waals surface area contributed by atoms with Gasteiger partial charge in [-0.2, -0.15) is 0 Å². The molecule has 7 heteroatoms. The van der Waals surface area contributed by atoms with E-state index in [1.54, 1.807) is 0 Å². The van der Waals surface area contributed by atoms with Gasteiger partial charge in [-0.15, -0.1) is 0 Å². The van der Waals surface area contributed by atoms with E-state index in [-0.39, 0.29) is 0 Å². The minimum atomic E-state index is -0.576. The third kappa shape index (κ3) is 3.26. The third-order valence-corrected chi connectivity index (χ3v) is 5.03. The molecule has 1 aliphatic rings. The van der Waals surface area contributed by atoms with Crippen LogP contribution in [-0.2, 0) is 14.0 Å². The van der Waals surface area contributed by atoms with Crippen LogP contribution < -0.4 is 5.46 Å². The molecule has 0 atom stereocenters. The van der Waals surface area contributed by atoms with Crippen LogP contribution in [0, 0.1) is 6.92 Å². The maximum absolute atomic E-state index is 12.5. The largest absolute Gasteiger partial charge is 0.495 e. The van der Waals surface area contributed by atoms with E-state index in [1.165, 1.54) is 10.9 Å². The lowest BCUT2D eigenvalue weighted by atomic mass is 9.76. The molecule has 1 fully saturated rings. The summed E-state index contributed by atoms with van der Waals surface area (Å²) in [6.07, 6.45) is 1.04. The summed E-state index contributed by atoms with van der Waals surface area (Å²) < 4.78 is 19.2. The number of aromatic nitrogens is 2. The first kappa shape index (κ1) is 18.9. The van der Waals surface area contributed by atoms with Gasteiger partial charge in [0.25, 0.3) is 0 Å². The molecule has 0 bridgehead atoms. The fraction of sp³-hybridized carbons (Fsp3) is 0.579. The number of aryl methyl sites for hydroxylation is 1. The topological polar surface area (TPSA) is 62.6 Å². The van der Waals surface area contributed by atoms with E-state index in [9.17, 15) is 4.79 Å². The predicted octanol–water partition coefficient (Wildman–Crippen LogP) is 3.43. The van der Waals surface area contributed by atoms with Crippen LogP contribution in [0.25, 0.3) is 11.0 Å². The first-order valence-electron chi connectivity index (χ1n) is 8.87. The van der Waals surface area contributed by atoms with Crippen LogP contribution in [0.3, 0.4) is 0 Å². The summed E-state index contributed by atoms with van der Waals surface area (Å²) in [4.78, 5) is 16.8. The molecule has 0 N–H and O–H groups in total. The number of imidazole rings is 1. The van der Waals surface area contributed by atoms with Crippen molar-refractivity contribution in [2.45, 2.75) is 72.2 Å². The highest BCUT2D eigenvalue weighted by molar-refractivity contribution is 6.63. The average Bonchev–Trinajstić information content (AvgIpc) is 2.94. The van der Waals surface area contributed by atoms with E-state index < -0.39 is 30.0 Å². The van der Waals surface area contributed by atoms with E-state index in [0.717, 1.165) is 16.5 Å². The maximum atomic E-state index is 12.5. The summed E-state index contributed by atoms with van der Waals surface area (Å²) in [7, 11) is -0.494.